The summed E-state index contributed by atoms with van der Waals surface area (Å²) in [5, 5.41) is 26.0. The van der Waals surface area contributed by atoms with E-state index in [9.17, 15) is 18.0 Å². The van der Waals surface area contributed by atoms with Crippen molar-refractivity contribution in [3.05, 3.63) is 29.3 Å². The number of halogens is 3. The molecule has 0 radical (unpaired) electrons. The van der Waals surface area contributed by atoms with Crippen LogP contribution in [-0.4, -0.2) is 28.2 Å². The van der Waals surface area contributed by atoms with E-state index in [1.807, 2.05) is 0 Å². The number of rotatable bonds is 2. The second-order valence-electron chi connectivity index (χ2n) is 2.98. The van der Waals surface area contributed by atoms with Crippen molar-refractivity contribution in [2.24, 2.45) is 0 Å². The highest BCUT2D eigenvalue weighted by atomic mass is 19.4. The van der Waals surface area contributed by atoms with Crippen molar-refractivity contribution in [2.45, 2.75) is 6.18 Å². The number of aromatic carboxylic acids is 1. The fourth-order valence-electron chi connectivity index (χ4n) is 1.15. The topological polar surface area (TPSA) is 77.8 Å². The molecule has 8 heteroatoms. The van der Waals surface area contributed by atoms with Crippen LogP contribution in [0.4, 0.5) is 13.2 Å². The molecular weight excluding hydrogens is 228 g/mol. The molecule has 0 aromatic heterocycles. The van der Waals surface area contributed by atoms with E-state index in [2.05, 4.69) is 0 Å². The predicted octanol–water partition coefficient (Wildman–Crippen LogP) is 0.0834. The van der Waals surface area contributed by atoms with Gasteiger partial charge in [0.15, 0.2) is 0 Å². The van der Waals surface area contributed by atoms with Crippen molar-refractivity contribution in [2.75, 3.05) is 0 Å². The van der Waals surface area contributed by atoms with E-state index in [0.717, 1.165) is 6.07 Å². The van der Waals surface area contributed by atoms with Crippen LogP contribution in [0.15, 0.2) is 18.2 Å². The number of hydrogen-bond donors (Lipinski definition) is 3. The zero-order valence-electron chi connectivity index (χ0n) is 7.69. The molecule has 0 aliphatic heterocycles. The van der Waals surface area contributed by atoms with Crippen LogP contribution in [0, 0.1) is 0 Å². The third-order valence-corrected chi connectivity index (χ3v) is 1.88. The fourth-order valence-corrected chi connectivity index (χ4v) is 1.15. The molecule has 1 aromatic rings. The zero-order valence-corrected chi connectivity index (χ0v) is 7.69. The number of carboxylic acid groups (broad SMARTS) is 1. The molecule has 0 saturated heterocycles. The Bertz CT molecular complexity index is 416. The molecule has 1 aromatic carbocycles. The SMILES string of the molecule is O=C(O)c1cc(B(O)O)ccc1C(F)(F)F. The van der Waals surface area contributed by atoms with Gasteiger partial charge >= 0.3 is 19.3 Å². The highest BCUT2D eigenvalue weighted by molar-refractivity contribution is 6.58. The van der Waals surface area contributed by atoms with Gasteiger partial charge in [-0.2, -0.15) is 13.2 Å². The molecule has 0 fully saturated rings. The Labute approximate surface area is 88.1 Å². The van der Waals surface area contributed by atoms with Crippen molar-refractivity contribution < 1.29 is 33.1 Å². The minimum absolute atomic E-state index is 0.314. The van der Waals surface area contributed by atoms with Gasteiger partial charge in [-0.25, -0.2) is 4.79 Å². The highest BCUT2D eigenvalue weighted by Crippen LogP contribution is 2.31. The summed E-state index contributed by atoms with van der Waals surface area (Å²) in [6.07, 6.45) is -4.80. The van der Waals surface area contributed by atoms with Crippen molar-refractivity contribution in [3.8, 4) is 0 Å². The maximum Gasteiger partial charge on any atom is 0.488 e. The van der Waals surface area contributed by atoms with Gasteiger partial charge in [0.05, 0.1) is 11.1 Å². The van der Waals surface area contributed by atoms with Crippen molar-refractivity contribution >= 4 is 18.6 Å². The summed E-state index contributed by atoms with van der Waals surface area (Å²) >= 11 is 0. The zero-order chi connectivity index (χ0) is 12.5. The Morgan fingerprint density at radius 2 is 1.81 bits per heavy atom. The van der Waals surface area contributed by atoms with Crippen LogP contribution >= 0.6 is 0 Å². The van der Waals surface area contributed by atoms with E-state index in [0.29, 0.717) is 12.1 Å². The molecule has 0 unspecified atom stereocenters. The van der Waals surface area contributed by atoms with E-state index in [1.165, 1.54) is 0 Å². The second-order valence-corrected chi connectivity index (χ2v) is 2.98. The third kappa shape index (κ3) is 2.53. The fraction of sp³-hybridized carbons (Fsp3) is 0.125. The van der Waals surface area contributed by atoms with E-state index in [1.54, 1.807) is 0 Å². The first-order chi connectivity index (χ1) is 7.23. The number of alkyl halides is 3. The van der Waals surface area contributed by atoms with Gasteiger partial charge in [0.1, 0.15) is 0 Å². The van der Waals surface area contributed by atoms with Gasteiger partial charge in [-0.1, -0.05) is 6.07 Å². The number of hydrogen-bond acceptors (Lipinski definition) is 3. The summed E-state index contributed by atoms with van der Waals surface area (Å²) in [6.45, 7) is 0. The smallest absolute Gasteiger partial charge is 0.478 e. The third-order valence-electron chi connectivity index (χ3n) is 1.88. The van der Waals surface area contributed by atoms with E-state index in [-0.39, 0.29) is 5.46 Å². The summed E-state index contributed by atoms with van der Waals surface area (Å²) in [4.78, 5) is 10.6. The van der Waals surface area contributed by atoms with E-state index in [4.69, 9.17) is 15.2 Å². The second kappa shape index (κ2) is 4.15. The van der Waals surface area contributed by atoms with Crippen molar-refractivity contribution in [1.29, 1.82) is 0 Å². The van der Waals surface area contributed by atoms with Gasteiger partial charge in [-0.05, 0) is 17.6 Å². The maximum atomic E-state index is 12.4. The summed E-state index contributed by atoms with van der Waals surface area (Å²) < 4.78 is 37.1. The lowest BCUT2D eigenvalue weighted by molar-refractivity contribution is -0.138. The van der Waals surface area contributed by atoms with Crippen LogP contribution < -0.4 is 5.46 Å². The number of benzene rings is 1. The van der Waals surface area contributed by atoms with Crippen LogP contribution in [0.5, 0.6) is 0 Å². The molecule has 4 nitrogen and oxygen atoms in total. The average molecular weight is 234 g/mol. The Balaban J connectivity index is 3.37. The molecule has 0 spiro atoms. The molecule has 0 heterocycles. The van der Waals surface area contributed by atoms with Crippen LogP contribution in [0.3, 0.4) is 0 Å². The van der Waals surface area contributed by atoms with Crippen molar-refractivity contribution in [1.82, 2.24) is 0 Å². The summed E-state index contributed by atoms with van der Waals surface area (Å²) in [5.74, 6) is -1.78. The van der Waals surface area contributed by atoms with Gasteiger partial charge in [0.2, 0.25) is 0 Å². The average Bonchev–Trinajstić information content (AvgIpc) is 2.15. The van der Waals surface area contributed by atoms with Gasteiger partial charge in [-0.3, -0.25) is 0 Å². The molecule has 0 aliphatic rings. The van der Waals surface area contributed by atoms with Gasteiger partial charge in [0.25, 0.3) is 0 Å². The Morgan fingerprint density at radius 3 is 2.19 bits per heavy atom. The Kier molecular flexibility index (Phi) is 3.25. The number of carboxylic acids is 1. The molecule has 0 saturated carbocycles. The van der Waals surface area contributed by atoms with Crippen molar-refractivity contribution in [3.63, 3.8) is 0 Å². The predicted molar refractivity (Wildman–Crippen MR) is 48.2 cm³/mol. The first kappa shape index (κ1) is 12.5. The van der Waals surface area contributed by atoms with Crippen LogP contribution in [0.25, 0.3) is 0 Å². The van der Waals surface area contributed by atoms with Gasteiger partial charge < -0.3 is 15.2 Å². The summed E-state index contributed by atoms with van der Waals surface area (Å²) in [5.41, 5.74) is -2.66. The quantitative estimate of drug-likeness (QED) is 0.633. The lowest BCUT2D eigenvalue weighted by Gasteiger charge is -2.11. The maximum absolute atomic E-state index is 12.4. The molecular formula is C8H6BF3O4. The molecule has 1 rings (SSSR count). The molecule has 0 atom stereocenters. The molecule has 0 amide bonds. The summed E-state index contributed by atoms with van der Waals surface area (Å²) in [6, 6.07) is 1.88. The first-order valence-electron chi connectivity index (χ1n) is 4.04. The number of carbonyl (C=O) groups is 1. The molecule has 0 bridgehead atoms. The van der Waals surface area contributed by atoms with Gasteiger partial charge in [-0.15, -0.1) is 0 Å². The molecule has 16 heavy (non-hydrogen) atoms. The standard InChI is InChI=1S/C8H6BF3O4/c10-8(11,12)6-2-1-4(9(15)16)3-5(6)7(13)14/h1-3,15-16H,(H,13,14). The summed E-state index contributed by atoms with van der Waals surface area (Å²) in [7, 11) is -2.01. The lowest BCUT2D eigenvalue weighted by atomic mass is 9.79. The van der Waals surface area contributed by atoms with E-state index < -0.39 is 30.4 Å². The minimum Gasteiger partial charge on any atom is -0.478 e. The Morgan fingerprint density at radius 1 is 1.25 bits per heavy atom. The highest BCUT2D eigenvalue weighted by Gasteiger charge is 2.35. The lowest BCUT2D eigenvalue weighted by Crippen LogP contribution is -2.31. The van der Waals surface area contributed by atoms with Crippen LogP contribution in [0.2, 0.25) is 0 Å². The molecule has 0 aliphatic carbocycles. The minimum atomic E-state index is -4.80. The van der Waals surface area contributed by atoms with Crippen LogP contribution in [-0.2, 0) is 6.18 Å². The molecule has 3 N–H and O–H groups in total. The largest absolute Gasteiger partial charge is 0.488 e. The Hall–Kier alpha value is -1.54. The first-order valence-corrected chi connectivity index (χ1v) is 4.04. The normalized spacial score (nSPS) is 11.3. The van der Waals surface area contributed by atoms with Gasteiger partial charge in [0, 0.05) is 0 Å². The van der Waals surface area contributed by atoms with E-state index >= 15 is 0 Å². The monoisotopic (exact) mass is 234 g/mol. The van der Waals surface area contributed by atoms with Crippen LogP contribution in [0.1, 0.15) is 15.9 Å². The molecule has 86 valence electrons.